The molecule has 0 amide bonds. The van der Waals surface area contributed by atoms with Crippen LogP contribution in [0.3, 0.4) is 0 Å². The van der Waals surface area contributed by atoms with Gasteiger partial charge in [0, 0.05) is 12.5 Å². The van der Waals surface area contributed by atoms with Crippen molar-refractivity contribution in [1.29, 1.82) is 0 Å². The quantitative estimate of drug-likeness (QED) is 0.640. The number of aliphatic carboxylic acids is 1. The number of carboxylic acid groups (broad SMARTS) is 1. The van der Waals surface area contributed by atoms with Crippen LogP contribution in [-0.2, 0) is 14.3 Å². The van der Waals surface area contributed by atoms with Crippen LogP contribution in [0.5, 0.6) is 0 Å². The highest BCUT2D eigenvalue weighted by atomic mass is 16.5. The van der Waals surface area contributed by atoms with Crippen molar-refractivity contribution in [2.45, 2.75) is 46.2 Å². The molecule has 0 saturated heterocycles. The molecule has 0 spiro atoms. The fraction of sp³-hybridized carbons (Fsp3) is 0.818. The van der Waals surface area contributed by atoms with Crippen molar-refractivity contribution >= 4 is 11.9 Å². The molecule has 0 aliphatic carbocycles. The summed E-state index contributed by atoms with van der Waals surface area (Å²) in [6.45, 7) is 7.35. The number of ether oxygens (including phenoxy) is 1. The van der Waals surface area contributed by atoms with Gasteiger partial charge in [-0.3, -0.25) is 9.59 Å². The second-order valence-corrected chi connectivity index (χ2v) is 4.32. The molecule has 0 aromatic rings. The van der Waals surface area contributed by atoms with E-state index < -0.39 is 12.0 Å². The third-order valence-corrected chi connectivity index (χ3v) is 1.95. The fourth-order valence-corrected chi connectivity index (χ4v) is 1.12. The predicted octanol–water partition coefficient (Wildman–Crippen LogP) is 1.03. The van der Waals surface area contributed by atoms with E-state index in [4.69, 9.17) is 9.84 Å². The molecule has 0 aromatic heterocycles. The van der Waals surface area contributed by atoms with Gasteiger partial charge in [-0.25, -0.2) is 0 Å². The first-order valence-electron chi connectivity index (χ1n) is 5.50. The molecular formula is C11H21NO4. The number of rotatable bonds is 7. The van der Waals surface area contributed by atoms with Gasteiger partial charge in [-0.15, -0.1) is 0 Å². The van der Waals surface area contributed by atoms with Gasteiger partial charge in [-0.05, 0) is 0 Å². The molecule has 0 bridgehead atoms. The maximum Gasteiger partial charge on any atom is 0.320 e. The lowest BCUT2D eigenvalue weighted by molar-refractivity contribution is -0.149. The van der Waals surface area contributed by atoms with Crippen molar-refractivity contribution in [1.82, 2.24) is 5.32 Å². The number of hydrogen-bond donors (Lipinski definition) is 2. The average Bonchev–Trinajstić information content (AvgIpc) is 2.14. The maximum atomic E-state index is 11.1. The summed E-state index contributed by atoms with van der Waals surface area (Å²) in [5.74, 6) is -1.40. The summed E-state index contributed by atoms with van der Waals surface area (Å²) in [5.41, 5.74) is 0. The Kier molecular flexibility index (Phi) is 6.72. The SMILES string of the molecule is CC(C)NC(CCOC(=O)C(C)C)C(=O)O. The molecule has 94 valence electrons. The Labute approximate surface area is 96.2 Å². The van der Waals surface area contributed by atoms with Gasteiger partial charge < -0.3 is 15.2 Å². The van der Waals surface area contributed by atoms with E-state index in [0.29, 0.717) is 0 Å². The highest BCUT2D eigenvalue weighted by Crippen LogP contribution is 2.00. The topological polar surface area (TPSA) is 75.6 Å². The van der Waals surface area contributed by atoms with Crippen molar-refractivity contribution in [2.24, 2.45) is 5.92 Å². The number of nitrogens with one attached hydrogen (secondary N) is 1. The van der Waals surface area contributed by atoms with E-state index in [1.165, 1.54) is 0 Å². The Morgan fingerprint density at radius 2 is 1.81 bits per heavy atom. The van der Waals surface area contributed by atoms with E-state index in [2.05, 4.69) is 5.32 Å². The number of carboxylic acids is 1. The van der Waals surface area contributed by atoms with E-state index in [0.717, 1.165) is 0 Å². The molecule has 0 fully saturated rings. The third kappa shape index (κ3) is 6.40. The lowest BCUT2D eigenvalue weighted by atomic mass is 10.2. The van der Waals surface area contributed by atoms with Gasteiger partial charge in [-0.1, -0.05) is 27.7 Å². The summed E-state index contributed by atoms with van der Waals surface area (Å²) in [7, 11) is 0. The molecule has 1 unspecified atom stereocenters. The largest absolute Gasteiger partial charge is 0.480 e. The fourth-order valence-electron chi connectivity index (χ4n) is 1.12. The zero-order valence-corrected chi connectivity index (χ0v) is 10.3. The Bertz CT molecular complexity index is 238. The highest BCUT2D eigenvalue weighted by Gasteiger charge is 2.18. The van der Waals surface area contributed by atoms with E-state index >= 15 is 0 Å². The molecule has 0 heterocycles. The van der Waals surface area contributed by atoms with Crippen LogP contribution in [0.4, 0.5) is 0 Å². The van der Waals surface area contributed by atoms with Crippen LogP contribution in [0.25, 0.3) is 0 Å². The molecule has 1 atom stereocenters. The second-order valence-electron chi connectivity index (χ2n) is 4.32. The summed E-state index contributed by atoms with van der Waals surface area (Å²) < 4.78 is 4.92. The third-order valence-electron chi connectivity index (χ3n) is 1.95. The molecule has 0 aromatic carbocycles. The zero-order valence-electron chi connectivity index (χ0n) is 10.3. The minimum Gasteiger partial charge on any atom is -0.480 e. The van der Waals surface area contributed by atoms with E-state index in [1.807, 2.05) is 13.8 Å². The normalized spacial score (nSPS) is 12.9. The van der Waals surface area contributed by atoms with Gasteiger partial charge >= 0.3 is 11.9 Å². The Balaban J connectivity index is 3.94. The van der Waals surface area contributed by atoms with Crippen LogP contribution < -0.4 is 5.32 Å². The number of carbonyl (C=O) groups is 2. The van der Waals surface area contributed by atoms with Gasteiger partial charge in [0.25, 0.3) is 0 Å². The average molecular weight is 231 g/mol. The lowest BCUT2D eigenvalue weighted by Crippen LogP contribution is -2.41. The van der Waals surface area contributed by atoms with Crippen molar-refractivity contribution in [3.63, 3.8) is 0 Å². The molecule has 0 radical (unpaired) electrons. The second kappa shape index (κ2) is 7.22. The first kappa shape index (κ1) is 14.9. The van der Waals surface area contributed by atoms with Crippen molar-refractivity contribution < 1.29 is 19.4 Å². The first-order chi connectivity index (χ1) is 7.34. The van der Waals surface area contributed by atoms with Gasteiger partial charge in [0.2, 0.25) is 0 Å². The molecule has 16 heavy (non-hydrogen) atoms. The Morgan fingerprint density at radius 3 is 2.19 bits per heavy atom. The van der Waals surface area contributed by atoms with Crippen molar-refractivity contribution in [2.75, 3.05) is 6.61 Å². The minimum absolute atomic E-state index is 0.0851. The Morgan fingerprint density at radius 1 is 1.25 bits per heavy atom. The number of hydrogen-bond acceptors (Lipinski definition) is 4. The van der Waals surface area contributed by atoms with Crippen LogP contribution >= 0.6 is 0 Å². The van der Waals surface area contributed by atoms with Crippen molar-refractivity contribution in [3.05, 3.63) is 0 Å². The monoisotopic (exact) mass is 231 g/mol. The summed E-state index contributed by atoms with van der Waals surface area (Å²) >= 11 is 0. The number of esters is 1. The van der Waals surface area contributed by atoms with Gasteiger partial charge in [0.1, 0.15) is 6.04 Å². The lowest BCUT2D eigenvalue weighted by Gasteiger charge is -2.17. The molecule has 0 aliphatic rings. The Hall–Kier alpha value is -1.10. The summed E-state index contributed by atoms with van der Waals surface area (Å²) in [6.07, 6.45) is 0.284. The molecule has 5 heteroatoms. The van der Waals surface area contributed by atoms with Crippen LogP contribution in [0.1, 0.15) is 34.1 Å². The standard InChI is InChI=1S/C11H21NO4/c1-7(2)11(15)16-6-5-9(10(13)14)12-8(3)4/h7-9,12H,5-6H2,1-4H3,(H,13,14). The molecule has 5 nitrogen and oxygen atoms in total. The van der Waals surface area contributed by atoms with E-state index in [9.17, 15) is 9.59 Å². The predicted molar refractivity (Wildman–Crippen MR) is 60.1 cm³/mol. The summed E-state index contributed by atoms with van der Waals surface area (Å²) in [6, 6.07) is -0.582. The molecule has 0 saturated carbocycles. The van der Waals surface area contributed by atoms with Crippen LogP contribution in [0.15, 0.2) is 0 Å². The molecule has 2 N–H and O–H groups in total. The van der Waals surface area contributed by atoms with E-state index in [1.54, 1.807) is 13.8 Å². The van der Waals surface area contributed by atoms with Crippen molar-refractivity contribution in [3.8, 4) is 0 Å². The minimum atomic E-state index is -0.922. The zero-order chi connectivity index (χ0) is 12.7. The molecular weight excluding hydrogens is 210 g/mol. The number of carbonyl (C=O) groups excluding carboxylic acids is 1. The van der Waals surface area contributed by atoms with Crippen LogP contribution in [-0.4, -0.2) is 35.7 Å². The molecule has 0 rings (SSSR count). The molecule has 0 aliphatic heterocycles. The highest BCUT2D eigenvalue weighted by molar-refractivity contribution is 5.74. The van der Waals surface area contributed by atoms with Gasteiger partial charge in [0.05, 0.1) is 12.5 Å². The van der Waals surface area contributed by atoms with Gasteiger partial charge in [0.15, 0.2) is 0 Å². The summed E-state index contributed by atoms with van der Waals surface area (Å²) in [5, 5.41) is 11.8. The van der Waals surface area contributed by atoms with Gasteiger partial charge in [-0.2, -0.15) is 0 Å². The maximum absolute atomic E-state index is 11.1. The van der Waals surface area contributed by atoms with Crippen LogP contribution in [0, 0.1) is 5.92 Å². The van der Waals surface area contributed by atoms with Crippen LogP contribution in [0.2, 0.25) is 0 Å². The first-order valence-corrected chi connectivity index (χ1v) is 5.50. The smallest absolute Gasteiger partial charge is 0.320 e. The van der Waals surface area contributed by atoms with E-state index in [-0.39, 0.29) is 31.0 Å². The summed E-state index contributed by atoms with van der Waals surface area (Å²) in [4.78, 5) is 22.0.